The van der Waals surface area contributed by atoms with Crippen LogP contribution in [0, 0.1) is 10.1 Å². The van der Waals surface area contributed by atoms with Crippen LogP contribution in [0.15, 0.2) is 53.4 Å². The molecule has 2 aromatic rings. The van der Waals surface area contributed by atoms with Gasteiger partial charge in [-0.05, 0) is 36.4 Å². The van der Waals surface area contributed by atoms with E-state index in [1.807, 2.05) is 0 Å². The summed E-state index contributed by atoms with van der Waals surface area (Å²) in [6.45, 7) is -0.532. The predicted octanol–water partition coefficient (Wildman–Crippen LogP) is 2.44. The molecular weight excluding hydrogens is 344 g/mol. The van der Waals surface area contributed by atoms with Crippen molar-refractivity contribution in [3.8, 4) is 0 Å². The lowest BCUT2D eigenvalue weighted by atomic mass is 10.3. The molecule has 9 heteroatoms. The average molecular weight is 357 g/mol. The number of hydrogen-bond acceptors (Lipinski definition) is 5. The van der Waals surface area contributed by atoms with Gasteiger partial charge in [-0.2, -0.15) is 0 Å². The molecule has 0 radical (unpaired) electrons. The lowest BCUT2D eigenvalue weighted by molar-refractivity contribution is -0.384. The molecule has 0 fully saturated rings. The number of non-ortho nitro benzene ring substituents is 1. The van der Waals surface area contributed by atoms with Crippen LogP contribution in [0.5, 0.6) is 0 Å². The van der Waals surface area contributed by atoms with E-state index in [9.17, 15) is 18.5 Å². The van der Waals surface area contributed by atoms with Crippen molar-refractivity contribution in [2.24, 2.45) is 0 Å². The smallest absolute Gasteiger partial charge is 0.269 e. The fraction of sp³-hybridized carbons (Fsp3) is 0.143. The molecule has 0 aliphatic rings. The van der Waals surface area contributed by atoms with E-state index >= 15 is 0 Å². The zero-order valence-corrected chi connectivity index (χ0v) is 13.4. The van der Waals surface area contributed by atoms with E-state index < -0.39 is 14.9 Å². The Hall–Kier alpha value is -2.16. The minimum absolute atomic E-state index is 0.105. The van der Waals surface area contributed by atoms with E-state index in [1.165, 1.54) is 24.3 Å². The van der Waals surface area contributed by atoms with Crippen molar-refractivity contribution in [3.63, 3.8) is 0 Å². The molecule has 0 unspecified atom stereocenters. The van der Waals surface area contributed by atoms with Crippen LogP contribution in [-0.4, -0.2) is 31.6 Å². The van der Waals surface area contributed by atoms with E-state index in [0.29, 0.717) is 10.7 Å². The highest BCUT2D eigenvalue weighted by Crippen LogP contribution is 2.26. The molecule has 0 spiro atoms. The van der Waals surface area contributed by atoms with Gasteiger partial charge in [-0.25, -0.2) is 8.42 Å². The maximum atomic E-state index is 12.7. The number of anilines is 1. The summed E-state index contributed by atoms with van der Waals surface area (Å²) >= 11 is 5.79. The van der Waals surface area contributed by atoms with E-state index in [-0.39, 0.29) is 23.7 Å². The van der Waals surface area contributed by atoms with E-state index in [0.717, 1.165) is 28.6 Å². The molecule has 0 saturated carbocycles. The van der Waals surface area contributed by atoms with Gasteiger partial charge in [0.25, 0.3) is 15.7 Å². The highest BCUT2D eigenvalue weighted by Gasteiger charge is 2.25. The van der Waals surface area contributed by atoms with Gasteiger partial charge in [0.2, 0.25) is 0 Å². The third-order valence-electron chi connectivity index (χ3n) is 3.05. The third kappa shape index (κ3) is 3.79. The van der Waals surface area contributed by atoms with Gasteiger partial charge in [-0.1, -0.05) is 11.6 Å². The molecule has 0 heterocycles. The van der Waals surface area contributed by atoms with Gasteiger partial charge >= 0.3 is 0 Å². The van der Waals surface area contributed by atoms with E-state index in [1.54, 1.807) is 0 Å². The summed E-state index contributed by atoms with van der Waals surface area (Å²) in [4.78, 5) is 9.94. The summed E-state index contributed by atoms with van der Waals surface area (Å²) in [6.07, 6.45) is 0. The molecule has 0 aromatic heterocycles. The summed E-state index contributed by atoms with van der Waals surface area (Å²) in [7, 11) is -3.96. The number of aliphatic hydroxyl groups excluding tert-OH is 1. The monoisotopic (exact) mass is 356 g/mol. The van der Waals surface area contributed by atoms with Crippen LogP contribution < -0.4 is 4.31 Å². The first kappa shape index (κ1) is 17.2. The zero-order valence-electron chi connectivity index (χ0n) is 11.8. The molecule has 1 N–H and O–H groups in total. The van der Waals surface area contributed by atoms with E-state index in [4.69, 9.17) is 16.7 Å². The number of nitrogens with zero attached hydrogens (tertiary/aromatic N) is 2. The average Bonchev–Trinajstić information content (AvgIpc) is 2.53. The highest BCUT2D eigenvalue weighted by molar-refractivity contribution is 7.92. The molecule has 0 aliphatic heterocycles. The Morgan fingerprint density at radius 1 is 1.09 bits per heavy atom. The van der Waals surface area contributed by atoms with Crippen LogP contribution in [0.3, 0.4) is 0 Å². The minimum Gasteiger partial charge on any atom is -0.394 e. The van der Waals surface area contributed by atoms with Gasteiger partial charge in [0.05, 0.1) is 28.7 Å². The third-order valence-corrected chi connectivity index (χ3v) is 5.15. The van der Waals surface area contributed by atoms with Gasteiger partial charge in [0.1, 0.15) is 0 Å². The van der Waals surface area contributed by atoms with Crippen LogP contribution in [0.1, 0.15) is 0 Å². The minimum atomic E-state index is -3.96. The molecule has 122 valence electrons. The summed E-state index contributed by atoms with van der Waals surface area (Å²) < 4.78 is 26.4. The summed E-state index contributed by atoms with van der Waals surface area (Å²) in [5.74, 6) is 0. The quantitative estimate of drug-likeness (QED) is 0.632. The van der Waals surface area contributed by atoms with Crippen molar-refractivity contribution in [1.29, 1.82) is 0 Å². The Labute approximate surface area is 137 Å². The molecule has 2 rings (SSSR count). The first-order valence-corrected chi connectivity index (χ1v) is 8.31. The van der Waals surface area contributed by atoms with Gasteiger partial charge in [0, 0.05) is 17.2 Å². The van der Waals surface area contributed by atoms with Crippen LogP contribution >= 0.6 is 11.6 Å². The normalized spacial score (nSPS) is 11.2. The second-order valence-corrected chi connectivity index (χ2v) is 6.83. The molecule has 2 aromatic carbocycles. The van der Waals surface area contributed by atoms with Crippen LogP contribution in [-0.2, 0) is 10.0 Å². The fourth-order valence-electron chi connectivity index (χ4n) is 1.95. The SMILES string of the molecule is O=[N+]([O-])c1ccc(S(=O)(=O)N(CCO)c2ccc(Cl)cc2)cc1. The number of nitro benzene ring substituents is 1. The number of nitro groups is 1. The van der Waals surface area contributed by atoms with Crippen molar-refractivity contribution in [3.05, 3.63) is 63.7 Å². The number of sulfonamides is 1. The predicted molar refractivity (Wildman–Crippen MR) is 86.2 cm³/mol. The number of halogens is 1. The maximum absolute atomic E-state index is 12.7. The van der Waals surface area contributed by atoms with Crippen molar-refractivity contribution in [2.75, 3.05) is 17.5 Å². The fourth-order valence-corrected chi connectivity index (χ4v) is 3.54. The van der Waals surface area contributed by atoms with Gasteiger partial charge in [-0.15, -0.1) is 0 Å². The molecule has 0 bridgehead atoms. The standard InChI is InChI=1S/C14H13ClN2O5S/c15-11-1-3-12(4-2-11)16(9-10-18)23(21,22)14-7-5-13(6-8-14)17(19)20/h1-8,18H,9-10H2. The van der Waals surface area contributed by atoms with E-state index in [2.05, 4.69) is 0 Å². The second-order valence-electron chi connectivity index (χ2n) is 4.53. The largest absolute Gasteiger partial charge is 0.394 e. The Balaban J connectivity index is 2.44. The topological polar surface area (TPSA) is 101 Å². The highest BCUT2D eigenvalue weighted by atomic mass is 35.5. The van der Waals surface area contributed by atoms with Gasteiger partial charge < -0.3 is 5.11 Å². The van der Waals surface area contributed by atoms with Crippen molar-refractivity contribution in [2.45, 2.75) is 4.90 Å². The van der Waals surface area contributed by atoms with Gasteiger partial charge in [-0.3, -0.25) is 14.4 Å². The Morgan fingerprint density at radius 3 is 2.13 bits per heavy atom. The summed E-state index contributed by atoms with van der Waals surface area (Å²) in [6, 6.07) is 10.7. The van der Waals surface area contributed by atoms with Crippen molar-refractivity contribution >= 4 is 33.0 Å². The zero-order chi connectivity index (χ0) is 17.0. The Kier molecular flexibility index (Phi) is 5.19. The van der Waals surface area contributed by atoms with Crippen molar-refractivity contribution < 1.29 is 18.4 Å². The summed E-state index contributed by atoms with van der Waals surface area (Å²) in [5, 5.41) is 20.3. The molecule has 0 aliphatic carbocycles. The number of hydrogen-bond donors (Lipinski definition) is 1. The second kappa shape index (κ2) is 6.95. The van der Waals surface area contributed by atoms with Crippen molar-refractivity contribution in [1.82, 2.24) is 0 Å². The van der Waals surface area contributed by atoms with Gasteiger partial charge in [0.15, 0.2) is 0 Å². The summed E-state index contributed by atoms with van der Waals surface area (Å²) in [5.41, 5.74) is 0.131. The lowest BCUT2D eigenvalue weighted by Gasteiger charge is -2.23. The first-order valence-electron chi connectivity index (χ1n) is 6.50. The van der Waals surface area contributed by atoms with Crippen LogP contribution in [0.4, 0.5) is 11.4 Å². The molecule has 0 atom stereocenters. The molecular formula is C14H13ClN2O5S. The number of aliphatic hydroxyl groups is 1. The number of rotatable bonds is 6. The number of benzene rings is 2. The lowest BCUT2D eigenvalue weighted by Crippen LogP contribution is -2.33. The molecule has 0 amide bonds. The maximum Gasteiger partial charge on any atom is 0.269 e. The van der Waals surface area contributed by atoms with Crippen LogP contribution in [0.2, 0.25) is 5.02 Å². The molecule has 0 saturated heterocycles. The molecule has 7 nitrogen and oxygen atoms in total. The Morgan fingerprint density at radius 2 is 1.65 bits per heavy atom. The first-order chi connectivity index (χ1) is 10.9. The molecule has 23 heavy (non-hydrogen) atoms. The Bertz CT molecular complexity index is 791. The van der Waals surface area contributed by atoms with Crippen LogP contribution in [0.25, 0.3) is 0 Å².